The van der Waals surface area contributed by atoms with Gasteiger partial charge in [0, 0.05) is 6.21 Å². The normalized spacial score (nSPS) is 11.2. The molecular weight excluding hydrogens is 368 g/mol. The molecule has 1 aromatic heterocycles. The maximum atomic E-state index is 11.5. The molecule has 0 spiro atoms. The van der Waals surface area contributed by atoms with E-state index in [1.165, 1.54) is 7.11 Å². The summed E-state index contributed by atoms with van der Waals surface area (Å²) in [5.41, 5.74) is 4.86. The summed E-state index contributed by atoms with van der Waals surface area (Å²) in [4.78, 5) is 20.4. The van der Waals surface area contributed by atoms with Crippen LogP contribution in [0.2, 0.25) is 0 Å². The highest BCUT2D eigenvalue weighted by Crippen LogP contribution is 2.34. The fraction of sp³-hybridized carbons (Fsp3) is 0.0870. The predicted molar refractivity (Wildman–Crippen MR) is 111 cm³/mol. The smallest absolute Gasteiger partial charge is 0.337 e. The molecule has 4 rings (SSSR count). The van der Waals surface area contributed by atoms with Crippen LogP contribution in [0.3, 0.4) is 0 Å². The molecule has 29 heavy (non-hydrogen) atoms. The molecule has 0 aliphatic rings. The summed E-state index contributed by atoms with van der Waals surface area (Å²) in [6, 6.07) is 17.6. The molecule has 0 saturated carbocycles. The number of carbonyl (C=O) groups is 1. The summed E-state index contributed by atoms with van der Waals surface area (Å²) in [6.07, 6.45) is 1.67. The van der Waals surface area contributed by atoms with Gasteiger partial charge in [0.25, 0.3) is 0 Å². The van der Waals surface area contributed by atoms with E-state index < -0.39 is 0 Å². The van der Waals surface area contributed by atoms with E-state index in [1.807, 2.05) is 25.1 Å². The standard InChI is InChI=1S/C23H18N2O4/c1-14-3-9-19-21(11-14)29-22(25-19)18-12-17(8-10-20(18)26)24-13-15-4-6-16(7-5-15)23(27)28-2/h3-13,26H,1-2H3. The van der Waals surface area contributed by atoms with Crippen LogP contribution in [-0.2, 0) is 4.74 Å². The van der Waals surface area contributed by atoms with Crippen molar-refractivity contribution >= 4 is 29.0 Å². The minimum absolute atomic E-state index is 0.0645. The van der Waals surface area contributed by atoms with E-state index in [1.54, 1.807) is 48.7 Å². The Hall–Kier alpha value is -3.93. The molecule has 0 bridgehead atoms. The number of fused-ring (bicyclic) bond motifs is 1. The molecule has 0 aliphatic heterocycles. The average molecular weight is 386 g/mol. The third-order valence-electron chi connectivity index (χ3n) is 4.45. The Labute approximate surface area is 167 Å². The van der Waals surface area contributed by atoms with Crippen molar-refractivity contribution in [3.63, 3.8) is 0 Å². The van der Waals surface area contributed by atoms with Crippen LogP contribution < -0.4 is 0 Å². The number of esters is 1. The van der Waals surface area contributed by atoms with Gasteiger partial charge in [-0.15, -0.1) is 0 Å². The molecule has 3 aromatic carbocycles. The molecule has 0 aliphatic carbocycles. The number of aromatic hydroxyl groups is 1. The minimum Gasteiger partial charge on any atom is -0.507 e. The quantitative estimate of drug-likeness (QED) is 0.392. The van der Waals surface area contributed by atoms with Crippen LogP contribution in [0.15, 0.2) is 70.1 Å². The zero-order valence-electron chi connectivity index (χ0n) is 15.9. The highest BCUT2D eigenvalue weighted by atomic mass is 16.5. The maximum Gasteiger partial charge on any atom is 0.337 e. The molecule has 144 valence electrons. The molecular formula is C23H18N2O4. The lowest BCUT2D eigenvalue weighted by Gasteiger charge is -2.02. The van der Waals surface area contributed by atoms with Gasteiger partial charge in [-0.2, -0.15) is 0 Å². The average Bonchev–Trinajstić information content (AvgIpc) is 3.16. The maximum absolute atomic E-state index is 11.5. The van der Waals surface area contributed by atoms with Crippen LogP contribution in [-0.4, -0.2) is 29.4 Å². The van der Waals surface area contributed by atoms with E-state index in [9.17, 15) is 9.90 Å². The Morgan fingerprint density at radius 1 is 1.10 bits per heavy atom. The second kappa shape index (κ2) is 7.59. The van der Waals surface area contributed by atoms with Gasteiger partial charge < -0.3 is 14.3 Å². The second-order valence-electron chi connectivity index (χ2n) is 6.56. The summed E-state index contributed by atoms with van der Waals surface area (Å²) >= 11 is 0. The molecule has 6 nitrogen and oxygen atoms in total. The molecule has 0 fully saturated rings. The number of rotatable bonds is 4. The number of phenols is 1. The number of hydrogen-bond donors (Lipinski definition) is 1. The van der Waals surface area contributed by atoms with Crippen LogP contribution in [0.4, 0.5) is 5.69 Å². The van der Waals surface area contributed by atoms with Gasteiger partial charge in [0.2, 0.25) is 5.89 Å². The van der Waals surface area contributed by atoms with Crippen molar-refractivity contribution in [2.75, 3.05) is 7.11 Å². The van der Waals surface area contributed by atoms with Crippen molar-refractivity contribution in [1.29, 1.82) is 0 Å². The first kappa shape index (κ1) is 18.4. The Balaban J connectivity index is 1.62. The summed E-state index contributed by atoms with van der Waals surface area (Å²) in [7, 11) is 1.35. The van der Waals surface area contributed by atoms with Crippen molar-refractivity contribution in [2.24, 2.45) is 4.99 Å². The summed E-state index contributed by atoms with van der Waals surface area (Å²) in [5, 5.41) is 10.3. The number of hydrogen-bond acceptors (Lipinski definition) is 6. The number of methoxy groups -OCH3 is 1. The SMILES string of the molecule is COC(=O)c1ccc(C=Nc2ccc(O)c(-c3nc4ccc(C)cc4o3)c2)cc1. The topological polar surface area (TPSA) is 84.9 Å². The fourth-order valence-electron chi connectivity index (χ4n) is 2.89. The summed E-state index contributed by atoms with van der Waals surface area (Å²) in [5.74, 6) is 0.0161. The molecule has 0 unspecified atom stereocenters. The number of aromatic nitrogens is 1. The van der Waals surface area contributed by atoms with Crippen LogP contribution in [0.1, 0.15) is 21.5 Å². The molecule has 0 radical (unpaired) electrons. The number of benzene rings is 3. The van der Waals surface area contributed by atoms with Crippen molar-refractivity contribution in [2.45, 2.75) is 6.92 Å². The van der Waals surface area contributed by atoms with Gasteiger partial charge in [-0.05, 0) is 60.5 Å². The molecule has 4 aromatic rings. The van der Waals surface area contributed by atoms with Crippen LogP contribution in [0.25, 0.3) is 22.6 Å². The lowest BCUT2D eigenvalue weighted by Crippen LogP contribution is -2.00. The fourth-order valence-corrected chi connectivity index (χ4v) is 2.89. The first-order valence-electron chi connectivity index (χ1n) is 8.96. The monoisotopic (exact) mass is 386 g/mol. The van der Waals surface area contributed by atoms with E-state index in [4.69, 9.17) is 4.42 Å². The van der Waals surface area contributed by atoms with Crippen LogP contribution in [0.5, 0.6) is 5.75 Å². The van der Waals surface area contributed by atoms with Gasteiger partial charge in [0.15, 0.2) is 5.58 Å². The van der Waals surface area contributed by atoms with Gasteiger partial charge in [-0.3, -0.25) is 4.99 Å². The Kier molecular flexibility index (Phi) is 4.83. The second-order valence-corrected chi connectivity index (χ2v) is 6.56. The lowest BCUT2D eigenvalue weighted by molar-refractivity contribution is 0.0600. The zero-order valence-corrected chi connectivity index (χ0v) is 15.9. The molecule has 0 amide bonds. The van der Waals surface area contributed by atoms with Crippen LogP contribution >= 0.6 is 0 Å². The number of ether oxygens (including phenoxy) is 1. The number of aryl methyl sites for hydroxylation is 1. The van der Waals surface area contributed by atoms with Gasteiger partial charge in [-0.25, -0.2) is 9.78 Å². The number of phenolic OH excluding ortho intramolecular Hbond substituents is 1. The Bertz CT molecular complexity index is 1220. The zero-order chi connectivity index (χ0) is 20.4. The number of oxazole rings is 1. The molecule has 6 heteroatoms. The molecule has 0 atom stereocenters. The number of nitrogens with zero attached hydrogens (tertiary/aromatic N) is 2. The van der Waals surface area contributed by atoms with E-state index in [2.05, 4.69) is 14.7 Å². The van der Waals surface area contributed by atoms with Crippen LogP contribution in [0, 0.1) is 6.92 Å². The molecule has 0 saturated heterocycles. The first-order valence-corrected chi connectivity index (χ1v) is 8.96. The molecule has 1 heterocycles. The minimum atomic E-state index is -0.384. The van der Waals surface area contributed by atoms with Crippen molar-refractivity contribution in [3.05, 3.63) is 77.4 Å². The first-order chi connectivity index (χ1) is 14.0. The van der Waals surface area contributed by atoms with Gasteiger partial charge in [0.05, 0.1) is 23.9 Å². The Morgan fingerprint density at radius 2 is 1.90 bits per heavy atom. The highest BCUT2D eigenvalue weighted by molar-refractivity contribution is 5.91. The largest absolute Gasteiger partial charge is 0.507 e. The predicted octanol–water partition coefficient (Wildman–Crippen LogP) is 5.05. The van der Waals surface area contributed by atoms with Gasteiger partial charge in [0.1, 0.15) is 11.3 Å². The third kappa shape index (κ3) is 3.87. The molecule has 1 N–H and O–H groups in total. The van der Waals surface area contributed by atoms with Gasteiger partial charge in [-0.1, -0.05) is 18.2 Å². The number of aliphatic imine (C=N–C) groups is 1. The third-order valence-corrected chi connectivity index (χ3v) is 4.45. The van der Waals surface area contributed by atoms with Gasteiger partial charge >= 0.3 is 5.97 Å². The van der Waals surface area contributed by atoms with E-state index >= 15 is 0 Å². The summed E-state index contributed by atoms with van der Waals surface area (Å²) < 4.78 is 10.5. The number of carbonyl (C=O) groups excluding carboxylic acids is 1. The highest BCUT2D eigenvalue weighted by Gasteiger charge is 2.13. The van der Waals surface area contributed by atoms with E-state index in [0.29, 0.717) is 28.3 Å². The van der Waals surface area contributed by atoms with E-state index in [-0.39, 0.29) is 11.7 Å². The van der Waals surface area contributed by atoms with E-state index in [0.717, 1.165) is 16.6 Å². The van der Waals surface area contributed by atoms with Crippen molar-refractivity contribution < 1.29 is 19.1 Å². The van der Waals surface area contributed by atoms with Crippen molar-refractivity contribution in [3.8, 4) is 17.2 Å². The Morgan fingerprint density at radius 3 is 2.66 bits per heavy atom. The van der Waals surface area contributed by atoms with Crippen molar-refractivity contribution in [1.82, 2.24) is 4.98 Å². The lowest BCUT2D eigenvalue weighted by atomic mass is 10.1. The summed E-state index contributed by atoms with van der Waals surface area (Å²) in [6.45, 7) is 1.98.